The predicted molar refractivity (Wildman–Crippen MR) is 132 cm³/mol. The summed E-state index contributed by atoms with van der Waals surface area (Å²) in [7, 11) is 0. The minimum atomic E-state index is 0.858. The van der Waals surface area contributed by atoms with Gasteiger partial charge in [0, 0.05) is 21.9 Å². The van der Waals surface area contributed by atoms with Gasteiger partial charge in [0.25, 0.3) is 0 Å². The van der Waals surface area contributed by atoms with E-state index in [2.05, 4.69) is 43.5 Å². The predicted octanol–water partition coefficient (Wildman–Crippen LogP) is 7.55. The summed E-state index contributed by atoms with van der Waals surface area (Å²) in [6.45, 7) is 0. The molecule has 6 rings (SSSR count). The summed E-state index contributed by atoms with van der Waals surface area (Å²) >= 11 is 3.48. The van der Waals surface area contributed by atoms with E-state index in [1.807, 2.05) is 91.0 Å². The maximum atomic E-state index is 5.74. The molecular formula is C27H18BrN3O. The number of furan rings is 1. The van der Waals surface area contributed by atoms with Gasteiger partial charge in [-0.15, -0.1) is 10.2 Å². The van der Waals surface area contributed by atoms with Gasteiger partial charge >= 0.3 is 0 Å². The molecule has 2 aromatic heterocycles. The molecule has 0 spiro atoms. The van der Waals surface area contributed by atoms with E-state index in [4.69, 9.17) is 4.42 Å². The monoisotopic (exact) mass is 479 g/mol. The Bertz CT molecular complexity index is 1420. The molecule has 32 heavy (non-hydrogen) atoms. The first-order chi connectivity index (χ1) is 15.8. The first kappa shape index (κ1) is 20.1. The molecule has 0 aliphatic rings. The number of hydrogen-bond acceptors (Lipinski definition) is 4. The highest BCUT2D eigenvalue weighted by Crippen LogP contribution is 2.33. The van der Waals surface area contributed by atoms with Gasteiger partial charge < -0.3 is 4.42 Å². The van der Waals surface area contributed by atoms with Crippen LogP contribution < -0.4 is 0 Å². The first-order valence-corrected chi connectivity index (χ1v) is 11.0. The van der Waals surface area contributed by atoms with Crippen molar-refractivity contribution in [1.29, 1.82) is 0 Å². The fourth-order valence-electron chi connectivity index (χ4n) is 3.62. The van der Waals surface area contributed by atoms with E-state index in [9.17, 15) is 0 Å². The lowest BCUT2D eigenvalue weighted by Crippen LogP contribution is -1.94. The Morgan fingerprint density at radius 2 is 1.28 bits per heavy atom. The van der Waals surface area contributed by atoms with Gasteiger partial charge in [-0.25, -0.2) is 0 Å². The number of rotatable bonds is 2. The fourth-order valence-corrected chi connectivity index (χ4v) is 4.07. The Morgan fingerprint density at radius 3 is 2.06 bits per heavy atom. The van der Waals surface area contributed by atoms with Gasteiger partial charge in [-0.1, -0.05) is 91.0 Å². The van der Waals surface area contributed by atoms with Crippen LogP contribution in [0.1, 0.15) is 0 Å². The normalized spacial score (nSPS) is 10.7. The van der Waals surface area contributed by atoms with Crippen LogP contribution in [-0.2, 0) is 0 Å². The second-order valence-corrected chi connectivity index (χ2v) is 8.00. The standard InChI is InChI=1S/C15H11N3.C12H7BrO/c1-3-7-12(8-4-1)14-11-16-18-17-15(14)13-9-5-2-6-10-13;13-10-6-3-5-9-8-4-1-2-7-11(8)14-12(9)10/h1-11H;1-7H. The van der Waals surface area contributed by atoms with Gasteiger partial charge in [0.1, 0.15) is 16.9 Å². The van der Waals surface area contributed by atoms with Crippen LogP contribution >= 0.6 is 15.9 Å². The van der Waals surface area contributed by atoms with Gasteiger partial charge in [-0.2, -0.15) is 0 Å². The summed E-state index contributed by atoms with van der Waals surface area (Å²) in [5, 5.41) is 14.1. The van der Waals surface area contributed by atoms with E-state index in [1.54, 1.807) is 6.20 Å². The molecule has 0 saturated heterocycles. The van der Waals surface area contributed by atoms with Crippen LogP contribution in [0, 0.1) is 0 Å². The first-order valence-electron chi connectivity index (χ1n) is 10.2. The molecule has 5 heteroatoms. The van der Waals surface area contributed by atoms with Crippen LogP contribution in [0.4, 0.5) is 0 Å². The third kappa shape index (κ3) is 4.03. The minimum absolute atomic E-state index is 0.858. The number of para-hydroxylation sites is 2. The molecule has 0 unspecified atom stereocenters. The summed E-state index contributed by atoms with van der Waals surface area (Å²) in [5.41, 5.74) is 5.86. The van der Waals surface area contributed by atoms with E-state index in [0.29, 0.717) is 0 Å². The molecule has 0 aliphatic carbocycles. The van der Waals surface area contributed by atoms with Gasteiger partial charge in [0.2, 0.25) is 0 Å². The molecule has 0 N–H and O–H groups in total. The summed E-state index contributed by atoms with van der Waals surface area (Å²) in [6.07, 6.45) is 1.75. The molecule has 0 fully saturated rings. The van der Waals surface area contributed by atoms with E-state index < -0.39 is 0 Å². The summed E-state index contributed by atoms with van der Waals surface area (Å²) in [6, 6.07) is 34.3. The molecule has 154 valence electrons. The van der Waals surface area contributed by atoms with Crippen molar-refractivity contribution in [3.63, 3.8) is 0 Å². The summed E-state index contributed by atoms with van der Waals surface area (Å²) in [5.74, 6) is 0. The maximum Gasteiger partial charge on any atom is 0.149 e. The fraction of sp³-hybridized carbons (Fsp3) is 0. The maximum absolute atomic E-state index is 5.74. The van der Waals surface area contributed by atoms with Crippen molar-refractivity contribution >= 4 is 37.9 Å². The van der Waals surface area contributed by atoms with Crippen molar-refractivity contribution in [1.82, 2.24) is 15.4 Å². The van der Waals surface area contributed by atoms with E-state index in [-0.39, 0.29) is 0 Å². The Kier molecular flexibility index (Phi) is 5.73. The van der Waals surface area contributed by atoms with E-state index >= 15 is 0 Å². The number of fused-ring (bicyclic) bond motifs is 3. The molecule has 0 saturated carbocycles. The molecular weight excluding hydrogens is 462 g/mol. The van der Waals surface area contributed by atoms with Gasteiger partial charge in [0.15, 0.2) is 0 Å². The third-order valence-corrected chi connectivity index (χ3v) is 5.75. The van der Waals surface area contributed by atoms with Crippen LogP contribution in [0.3, 0.4) is 0 Å². The molecule has 4 nitrogen and oxygen atoms in total. The highest BCUT2D eigenvalue weighted by molar-refractivity contribution is 9.10. The van der Waals surface area contributed by atoms with Crippen molar-refractivity contribution in [2.75, 3.05) is 0 Å². The highest BCUT2D eigenvalue weighted by Gasteiger charge is 2.09. The zero-order valence-corrected chi connectivity index (χ0v) is 18.6. The van der Waals surface area contributed by atoms with Crippen LogP contribution in [0.5, 0.6) is 0 Å². The Balaban J connectivity index is 0.000000139. The van der Waals surface area contributed by atoms with Gasteiger partial charge in [0.05, 0.1) is 10.7 Å². The minimum Gasteiger partial charge on any atom is -0.455 e. The molecule has 0 amide bonds. The summed E-state index contributed by atoms with van der Waals surface area (Å²) in [4.78, 5) is 0. The third-order valence-electron chi connectivity index (χ3n) is 5.13. The van der Waals surface area contributed by atoms with Crippen molar-refractivity contribution in [2.24, 2.45) is 0 Å². The lowest BCUT2D eigenvalue weighted by atomic mass is 10.0. The Hall–Kier alpha value is -3.83. The average molecular weight is 480 g/mol. The number of benzene rings is 4. The van der Waals surface area contributed by atoms with Crippen LogP contribution in [0.25, 0.3) is 44.3 Å². The zero-order chi connectivity index (χ0) is 21.8. The molecule has 0 atom stereocenters. The topological polar surface area (TPSA) is 51.8 Å². The highest BCUT2D eigenvalue weighted by atomic mass is 79.9. The van der Waals surface area contributed by atoms with Crippen LogP contribution in [-0.4, -0.2) is 15.4 Å². The van der Waals surface area contributed by atoms with Crippen LogP contribution in [0.15, 0.2) is 118 Å². The molecule has 0 bridgehead atoms. The van der Waals surface area contributed by atoms with Gasteiger partial charge in [-0.05, 0) is 38.8 Å². The largest absolute Gasteiger partial charge is 0.455 e. The zero-order valence-electron chi connectivity index (χ0n) is 17.0. The molecule has 6 aromatic rings. The molecule has 2 heterocycles. The average Bonchev–Trinajstić information content (AvgIpc) is 3.26. The van der Waals surface area contributed by atoms with Crippen molar-refractivity contribution < 1.29 is 4.42 Å². The van der Waals surface area contributed by atoms with E-state index in [0.717, 1.165) is 43.4 Å². The van der Waals surface area contributed by atoms with Crippen molar-refractivity contribution in [3.05, 3.63) is 114 Å². The summed E-state index contributed by atoms with van der Waals surface area (Å²) < 4.78 is 6.74. The molecule has 4 aromatic carbocycles. The number of hydrogen-bond donors (Lipinski definition) is 0. The van der Waals surface area contributed by atoms with Gasteiger partial charge in [-0.3, -0.25) is 0 Å². The number of halogens is 1. The second kappa shape index (κ2) is 9.12. The Labute approximate surface area is 193 Å². The SMILES string of the molecule is Brc1cccc2c1oc1ccccc12.c1ccc(-c2cnnnc2-c2ccccc2)cc1. The van der Waals surface area contributed by atoms with Crippen LogP contribution in [0.2, 0.25) is 0 Å². The molecule has 0 aliphatic heterocycles. The number of nitrogens with zero attached hydrogens (tertiary/aromatic N) is 3. The number of aromatic nitrogens is 3. The lowest BCUT2D eigenvalue weighted by Gasteiger charge is -2.06. The lowest BCUT2D eigenvalue weighted by molar-refractivity contribution is 0.667. The van der Waals surface area contributed by atoms with Crippen molar-refractivity contribution in [2.45, 2.75) is 0 Å². The smallest absolute Gasteiger partial charge is 0.149 e. The Morgan fingerprint density at radius 1 is 0.625 bits per heavy atom. The second-order valence-electron chi connectivity index (χ2n) is 7.14. The van der Waals surface area contributed by atoms with Crippen molar-refractivity contribution in [3.8, 4) is 22.4 Å². The molecule has 0 radical (unpaired) electrons. The quantitative estimate of drug-likeness (QED) is 0.257. The van der Waals surface area contributed by atoms with E-state index in [1.165, 1.54) is 5.39 Å².